The van der Waals surface area contributed by atoms with E-state index in [0.717, 1.165) is 5.69 Å². The first kappa shape index (κ1) is 12.3. The maximum Gasteiger partial charge on any atom is 0.169 e. The summed E-state index contributed by atoms with van der Waals surface area (Å²) in [5.41, 5.74) is 8.03. The molecule has 0 saturated heterocycles. The Labute approximate surface area is 114 Å². The van der Waals surface area contributed by atoms with E-state index in [0.29, 0.717) is 18.3 Å². The molecule has 2 rings (SSSR count). The molecule has 0 unspecified atom stereocenters. The van der Waals surface area contributed by atoms with Gasteiger partial charge in [-0.1, -0.05) is 31.2 Å². The molecule has 1 heterocycles. The van der Waals surface area contributed by atoms with E-state index >= 15 is 0 Å². The van der Waals surface area contributed by atoms with Crippen LogP contribution >= 0.6 is 22.6 Å². The van der Waals surface area contributed by atoms with Crippen molar-refractivity contribution in [2.75, 3.05) is 5.73 Å². The molecule has 2 N–H and O–H groups in total. The molecule has 0 amide bonds. The molecule has 0 spiro atoms. The Bertz CT molecular complexity index is 502. The van der Waals surface area contributed by atoms with Crippen molar-refractivity contribution in [3.63, 3.8) is 0 Å². The Morgan fingerprint density at radius 3 is 2.53 bits per heavy atom. The summed E-state index contributed by atoms with van der Waals surface area (Å²) < 4.78 is 3.11. The van der Waals surface area contributed by atoms with Crippen LogP contribution in [0.1, 0.15) is 31.0 Å². The third-order valence-electron chi connectivity index (χ3n) is 2.59. The van der Waals surface area contributed by atoms with E-state index < -0.39 is 0 Å². The van der Waals surface area contributed by atoms with Crippen molar-refractivity contribution in [2.24, 2.45) is 0 Å². The average molecular weight is 342 g/mol. The number of aromatic nitrogens is 3. The fourth-order valence-electron chi connectivity index (χ4n) is 1.81. The van der Waals surface area contributed by atoms with Crippen LogP contribution in [0.5, 0.6) is 0 Å². The van der Waals surface area contributed by atoms with Gasteiger partial charge in [-0.15, -0.1) is 5.10 Å². The summed E-state index contributed by atoms with van der Waals surface area (Å²) in [7, 11) is 0. The van der Waals surface area contributed by atoms with Gasteiger partial charge in [0.2, 0.25) is 0 Å². The van der Waals surface area contributed by atoms with E-state index in [1.54, 1.807) is 0 Å². The number of anilines is 1. The van der Waals surface area contributed by atoms with Crippen LogP contribution < -0.4 is 5.73 Å². The molecule has 0 atom stereocenters. The first-order valence-electron chi connectivity index (χ1n) is 5.51. The molecule has 0 aliphatic heterocycles. The maximum absolute atomic E-state index is 5.82. The zero-order valence-corrected chi connectivity index (χ0v) is 12.0. The number of nitrogen functional groups attached to an aromatic ring is 1. The fourth-order valence-corrected chi connectivity index (χ4v) is 2.17. The summed E-state index contributed by atoms with van der Waals surface area (Å²) in [6.45, 7) is 4.91. The summed E-state index contributed by atoms with van der Waals surface area (Å²) in [5, 5.41) is 8.04. The second-order valence-electron chi connectivity index (χ2n) is 4.30. The predicted molar refractivity (Wildman–Crippen MR) is 76.8 cm³/mol. The second-order valence-corrected chi connectivity index (χ2v) is 5.54. The molecule has 17 heavy (non-hydrogen) atoms. The molecule has 1 aromatic carbocycles. The highest BCUT2D eigenvalue weighted by atomic mass is 127. The number of nitrogens with zero attached hydrogens (tertiary/aromatic N) is 3. The average Bonchev–Trinajstić information content (AvgIpc) is 2.63. The lowest BCUT2D eigenvalue weighted by Gasteiger charge is -2.09. The van der Waals surface area contributed by atoms with E-state index in [1.165, 1.54) is 9.13 Å². The van der Waals surface area contributed by atoms with Crippen molar-refractivity contribution in [1.82, 2.24) is 15.0 Å². The Kier molecular flexibility index (Phi) is 3.66. The van der Waals surface area contributed by atoms with E-state index in [-0.39, 0.29) is 0 Å². The van der Waals surface area contributed by atoms with Crippen molar-refractivity contribution in [2.45, 2.75) is 26.3 Å². The Morgan fingerprint density at radius 1 is 1.29 bits per heavy atom. The Morgan fingerprint density at radius 2 is 1.94 bits per heavy atom. The highest BCUT2D eigenvalue weighted by molar-refractivity contribution is 14.1. The quantitative estimate of drug-likeness (QED) is 0.873. The van der Waals surface area contributed by atoms with Gasteiger partial charge in [0.05, 0.1) is 12.2 Å². The van der Waals surface area contributed by atoms with Gasteiger partial charge >= 0.3 is 0 Å². The van der Waals surface area contributed by atoms with Crippen molar-refractivity contribution < 1.29 is 0 Å². The number of hydrogen-bond donors (Lipinski definition) is 1. The summed E-state index contributed by atoms with van der Waals surface area (Å²) in [5.74, 6) is 0.861. The van der Waals surface area contributed by atoms with E-state index in [9.17, 15) is 0 Å². The second kappa shape index (κ2) is 5.03. The number of rotatable bonds is 3. The minimum atomic E-state index is 0.328. The normalized spacial score (nSPS) is 11.1. The lowest BCUT2D eigenvalue weighted by atomic mass is 10.1. The van der Waals surface area contributed by atoms with Gasteiger partial charge in [-0.3, -0.25) is 0 Å². The molecule has 0 bridgehead atoms. The standard InChI is InChI=1S/C12H15IN4/c1-8(2)11-12(14)15-16-17(11)7-9-3-5-10(13)6-4-9/h3-6,8H,7,14H2,1-2H3. The van der Waals surface area contributed by atoms with Crippen LogP contribution in [-0.4, -0.2) is 15.0 Å². The molecule has 90 valence electrons. The third-order valence-corrected chi connectivity index (χ3v) is 3.31. The van der Waals surface area contributed by atoms with Gasteiger partial charge in [0.1, 0.15) is 0 Å². The summed E-state index contributed by atoms with van der Waals surface area (Å²) in [4.78, 5) is 0. The number of hydrogen-bond acceptors (Lipinski definition) is 3. The zero-order valence-electron chi connectivity index (χ0n) is 9.89. The molecule has 5 heteroatoms. The molecule has 0 radical (unpaired) electrons. The van der Waals surface area contributed by atoms with Crippen molar-refractivity contribution in [3.8, 4) is 0 Å². The van der Waals surface area contributed by atoms with Gasteiger partial charge in [0.15, 0.2) is 5.82 Å². The Hall–Kier alpha value is -1.11. The minimum Gasteiger partial charge on any atom is -0.381 e. The highest BCUT2D eigenvalue weighted by Crippen LogP contribution is 2.20. The minimum absolute atomic E-state index is 0.328. The highest BCUT2D eigenvalue weighted by Gasteiger charge is 2.13. The number of benzene rings is 1. The van der Waals surface area contributed by atoms with Gasteiger partial charge in [0.25, 0.3) is 0 Å². The van der Waals surface area contributed by atoms with Gasteiger partial charge in [-0.05, 0) is 46.2 Å². The molecule has 0 fully saturated rings. The molecule has 0 saturated carbocycles. The van der Waals surface area contributed by atoms with Crippen LogP contribution in [0.2, 0.25) is 0 Å². The molecule has 0 aliphatic rings. The number of nitrogens with two attached hydrogens (primary N) is 1. The molecule has 2 aromatic rings. The van der Waals surface area contributed by atoms with Gasteiger partial charge in [-0.2, -0.15) is 0 Å². The molecular weight excluding hydrogens is 327 g/mol. The van der Waals surface area contributed by atoms with Crippen LogP contribution in [0.15, 0.2) is 24.3 Å². The van der Waals surface area contributed by atoms with Crippen molar-refractivity contribution in [1.29, 1.82) is 0 Å². The van der Waals surface area contributed by atoms with Gasteiger partial charge < -0.3 is 5.73 Å². The first-order valence-corrected chi connectivity index (χ1v) is 6.59. The summed E-state index contributed by atoms with van der Waals surface area (Å²) in [6, 6.07) is 8.38. The van der Waals surface area contributed by atoms with Crippen molar-refractivity contribution >= 4 is 28.4 Å². The smallest absolute Gasteiger partial charge is 0.169 e. The molecule has 4 nitrogen and oxygen atoms in total. The van der Waals surface area contributed by atoms with Crippen molar-refractivity contribution in [3.05, 3.63) is 39.1 Å². The van der Waals surface area contributed by atoms with Crippen LogP contribution in [0.3, 0.4) is 0 Å². The first-order chi connectivity index (χ1) is 8.08. The van der Waals surface area contributed by atoms with Crippen LogP contribution in [0, 0.1) is 3.57 Å². The van der Waals surface area contributed by atoms with Crippen LogP contribution in [0.25, 0.3) is 0 Å². The number of halogens is 1. The van der Waals surface area contributed by atoms with E-state index in [2.05, 4.69) is 71.0 Å². The monoisotopic (exact) mass is 342 g/mol. The van der Waals surface area contributed by atoms with E-state index in [4.69, 9.17) is 5.73 Å². The van der Waals surface area contributed by atoms with Crippen LogP contribution in [0.4, 0.5) is 5.82 Å². The summed E-state index contributed by atoms with van der Waals surface area (Å²) in [6.07, 6.45) is 0. The topological polar surface area (TPSA) is 56.7 Å². The van der Waals surface area contributed by atoms with Gasteiger partial charge in [0, 0.05) is 3.57 Å². The largest absolute Gasteiger partial charge is 0.381 e. The third kappa shape index (κ3) is 2.77. The summed E-state index contributed by atoms with van der Waals surface area (Å²) >= 11 is 2.29. The fraction of sp³-hybridized carbons (Fsp3) is 0.333. The van der Waals surface area contributed by atoms with Crippen LogP contribution in [-0.2, 0) is 6.54 Å². The van der Waals surface area contributed by atoms with E-state index in [1.807, 2.05) is 4.68 Å². The zero-order chi connectivity index (χ0) is 12.4. The molecule has 1 aromatic heterocycles. The lowest BCUT2D eigenvalue weighted by molar-refractivity contribution is 0.598. The maximum atomic E-state index is 5.82. The lowest BCUT2D eigenvalue weighted by Crippen LogP contribution is -2.08. The Balaban J connectivity index is 2.27. The SMILES string of the molecule is CC(C)c1c(N)nnn1Cc1ccc(I)cc1. The predicted octanol–water partition coefficient (Wildman–Crippen LogP) is 2.64. The van der Waals surface area contributed by atoms with Gasteiger partial charge in [-0.25, -0.2) is 4.68 Å². The molecule has 0 aliphatic carbocycles. The molecular formula is C12H15IN4.